The van der Waals surface area contributed by atoms with Crippen molar-refractivity contribution in [2.45, 2.75) is 45.1 Å². The van der Waals surface area contributed by atoms with Gasteiger partial charge in [0, 0.05) is 25.6 Å². The van der Waals surface area contributed by atoms with Crippen molar-refractivity contribution in [2.75, 3.05) is 26.2 Å². The molecule has 2 amide bonds. The summed E-state index contributed by atoms with van der Waals surface area (Å²) in [5, 5.41) is 5.79. The fraction of sp³-hybridized carbons (Fsp3) is 0.857. The Balaban J connectivity index is 1.69. The molecule has 0 saturated carbocycles. The monoisotopic (exact) mass is 267 g/mol. The average Bonchev–Trinajstić information content (AvgIpc) is 2.46. The summed E-state index contributed by atoms with van der Waals surface area (Å²) in [6.07, 6.45) is 5.02. The molecule has 19 heavy (non-hydrogen) atoms. The maximum Gasteiger partial charge on any atom is 0.224 e. The van der Waals surface area contributed by atoms with Crippen molar-refractivity contribution >= 4 is 11.8 Å². The SMILES string of the molecule is CC(CNC(=O)C1CCC(=O)NC1)N1CCCCC1. The van der Waals surface area contributed by atoms with E-state index in [1.54, 1.807) is 0 Å². The number of likely N-dealkylation sites (tertiary alicyclic amines) is 1. The summed E-state index contributed by atoms with van der Waals surface area (Å²) in [6, 6.07) is 0.405. The lowest BCUT2D eigenvalue weighted by atomic mass is 9.98. The zero-order chi connectivity index (χ0) is 13.7. The van der Waals surface area contributed by atoms with Crippen LogP contribution in [-0.4, -0.2) is 48.9 Å². The molecule has 5 nitrogen and oxygen atoms in total. The number of rotatable bonds is 4. The van der Waals surface area contributed by atoms with E-state index in [2.05, 4.69) is 22.5 Å². The summed E-state index contributed by atoms with van der Waals surface area (Å²) in [5.41, 5.74) is 0. The highest BCUT2D eigenvalue weighted by atomic mass is 16.2. The molecular formula is C14H25N3O2. The molecule has 2 rings (SSSR count). The van der Waals surface area contributed by atoms with Crippen LogP contribution < -0.4 is 10.6 Å². The predicted molar refractivity (Wildman–Crippen MR) is 73.6 cm³/mol. The van der Waals surface area contributed by atoms with Crippen LogP contribution in [0, 0.1) is 5.92 Å². The Morgan fingerprint density at radius 1 is 1.42 bits per heavy atom. The van der Waals surface area contributed by atoms with Crippen molar-refractivity contribution in [2.24, 2.45) is 5.92 Å². The lowest BCUT2D eigenvalue weighted by Crippen LogP contribution is -2.48. The molecule has 0 aliphatic carbocycles. The van der Waals surface area contributed by atoms with Crippen molar-refractivity contribution in [3.05, 3.63) is 0 Å². The van der Waals surface area contributed by atoms with Gasteiger partial charge in [-0.3, -0.25) is 14.5 Å². The molecule has 0 aromatic heterocycles. The minimum absolute atomic E-state index is 0.0498. The van der Waals surface area contributed by atoms with E-state index in [0.717, 1.165) is 13.1 Å². The lowest BCUT2D eigenvalue weighted by Gasteiger charge is -2.32. The molecule has 2 saturated heterocycles. The predicted octanol–water partition coefficient (Wildman–Crippen LogP) is 0.503. The first kappa shape index (κ1) is 14.3. The standard InChI is InChI=1S/C14H25N3O2/c1-11(17-7-3-2-4-8-17)9-16-14(19)12-5-6-13(18)15-10-12/h11-12H,2-10H2,1H3,(H,15,18)(H,16,19). The van der Waals surface area contributed by atoms with Gasteiger partial charge in [-0.2, -0.15) is 0 Å². The molecule has 2 aliphatic heterocycles. The fourth-order valence-corrected chi connectivity index (χ4v) is 2.84. The van der Waals surface area contributed by atoms with Gasteiger partial charge in [0.1, 0.15) is 0 Å². The number of carbonyl (C=O) groups is 2. The Kier molecular flexibility index (Phi) is 5.19. The maximum atomic E-state index is 12.0. The van der Waals surface area contributed by atoms with Crippen LogP contribution in [0.25, 0.3) is 0 Å². The first-order valence-electron chi connectivity index (χ1n) is 7.45. The third kappa shape index (κ3) is 4.20. The number of nitrogens with one attached hydrogen (secondary N) is 2. The van der Waals surface area contributed by atoms with E-state index in [4.69, 9.17) is 0 Å². The molecule has 2 fully saturated rings. The van der Waals surface area contributed by atoms with E-state index in [9.17, 15) is 9.59 Å². The van der Waals surface area contributed by atoms with Gasteiger partial charge in [-0.05, 0) is 39.3 Å². The largest absolute Gasteiger partial charge is 0.355 e. The smallest absolute Gasteiger partial charge is 0.224 e. The highest BCUT2D eigenvalue weighted by molar-refractivity contribution is 5.83. The molecule has 108 valence electrons. The van der Waals surface area contributed by atoms with Gasteiger partial charge in [0.05, 0.1) is 5.92 Å². The number of nitrogens with zero attached hydrogens (tertiary/aromatic N) is 1. The summed E-state index contributed by atoms with van der Waals surface area (Å²) in [5.74, 6) is 0.0980. The van der Waals surface area contributed by atoms with Crippen LogP contribution in [0.3, 0.4) is 0 Å². The molecule has 2 aliphatic rings. The number of piperidine rings is 2. The van der Waals surface area contributed by atoms with E-state index in [-0.39, 0.29) is 17.7 Å². The Morgan fingerprint density at radius 2 is 2.16 bits per heavy atom. The zero-order valence-corrected chi connectivity index (χ0v) is 11.8. The quantitative estimate of drug-likeness (QED) is 0.780. The topological polar surface area (TPSA) is 61.4 Å². The summed E-state index contributed by atoms with van der Waals surface area (Å²) in [4.78, 5) is 25.5. The van der Waals surface area contributed by atoms with Crippen LogP contribution in [0.4, 0.5) is 0 Å². The van der Waals surface area contributed by atoms with Gasteiger partial charge in [-0.1, -0.05) is 6.42 Å². The molecule has 0 aromatic carbocycles. The maximum absolute atomic E-state index is 12.0. The van der Waals surface area contributed by atoms with Gasteiger partial charge in [0.25, 0.3) is 0 Å². The summed E-state index contributed by atoms with van der Waals surface area (Å²) >= 11 is 0. The van der Waals surface area contributed by atoms with E-state index in [1.165, 1.54) is 19.3 Å². The molecular weight excluding hydrogens is 242 g/mol. The minimum Gasteiger partial charge on any atom is -0.355 e. The molecule has 0 spiro atoms. The third-order valence-corrected chi connectivity index (χ3v) is 4.22. The van der Waals surface area contributed by atoms with E-state index >= 15 is 0 Å². The van der Waals surface area contributed by atoms with Crippen molar-refractivity contribution in [3.63, 3.8) is 0 Å². The van der Waals surface area contributed by atoms with Crippen LogP contribution in [-0.2, 0) is 9.59 Å². The number of carbonyl (C=O) groups excluding carboxylic acids is 2. The zero-order valence-electron chi connectivity index (χ0n) is 11.8. The molecule has 2 unspecified atom stereocenters. The number of amides is 2. The summed E-state index contributed by atoms with van der Waals surface area (Å²) in [7, 11) is 0. The van der Waals surface area contributed by atoms with Crippen LogP contribution in [0.15, 0.2) is 0 Å². The Morgan fingerprint density at radius 3 is 2.79 bits per heavy atom. The van der Waals surface area contributed by atoms with Gasteiger partial charge in [0.2, 0.25) is 11.8 Å². The second-order valence-corrected chi connectivity index (χ2v) is 5.73. The van der Waals surface area contributed by atoms with Crippen LogP contribution >= 0.6 is 0 Å². The highest BCUT2D eigenvalue weighted by Gasteiger charge is 2.25. The van der Waals surface area contributed by atoms with E-state index in [0.29, 0.717) is 32.0 Å². The van der Waals surface area contributed by atoms with Crippen molar-refractivity contribution < 1.29 is 9.59 Å². The molecule has 2 atom stereocenters. The van der Waals surface area contributed by atoms with Gasteiger partial charge in [-0.25, -0.2) is 0 Å². The van der Waals surface area contributed by atoms with Gasteiger partial charge in [-0.15, -0.1) is 0 Å². The van der Waals surface area contributed by atoms with Crippen LogP contribution in [0.5, 0.6) is 0 Å². The second kappa shape index (κ2) is 6.89. The van der Waals surface area contributed by atoms with Crippen LogP contribution in [0.1, 0.15) is 39.0 Å². The summed E-state index contributed by atoms with van der Waals surface area (Å²) < 4.78 is 0. The second-order valence-electron chi connectivity index (χ2n) is 5.73. The Hall–Kier alpha value is -1.10. The number of hydrogen-bond acceptors (Lipinski definition) is 3. The first-order chi connectivity index (χ1) is 9.16. The molecule has 2 heterocycles. The van der Waals surface area contributed by atoms with Crippen molar-refractivity contribution in [1.29, 1.82) is 0 Å². The van der Waals surface area contributed by atoms with E-state index < -0.39 is 0 Å². The first-order valence-corrected chi connectivity index (χ1v) is 7.45. The summed E-state index contributed by atoms with van der Waals surface area (Å²) in [6.45, 7) is 5.67. The molecule has 0 radical (unpaired) electrons. The number of hydrogen-bond donors (Lipinski definition) is 2. The fourth-order valence-electron chi connectivity index (χ4n) is 2.84. The van der Waals surface area contributed by atoms with Crippen molar-refractivity contribution in [1.82, 2.24) is 15.5 Å². The van der Waals surface area contributed by atoms with E-state index in [1.807, 2.05) is 0 Å². The van der Waals surface area contributed by atoms with Gasteiger partial charge >= 0.3 is 0 Å². The molecule has 0 aromatic rings. The highest BCUT2D eigenvalue weighted by Crippen LogP contribution is 2.13. The van der Waals surface area contributed by atoms with Crippen LogP contribution in [0.2, 0.25) is 0 Å². The molecule has 0 bridgehead atoms. The molecule has 5 heteroatoms. The normalized spacial score (nSPS) is 26.6. The lowest BCUT2D eigenvalue weighted by molar-refractivity contribution is -0.129. The van der Waals surface area contributed by atoms with Gasteiger partial charge < -0.3 is 10.6 Å². The average molecular weight is 267 g/mol. The van der Waals surface area contributed by atoms with Gasteiger partial charge in [0.15, 0.2) is 0 Å². The van der Waals surface area contributed by atoms with Crippen molar-refractivity contribution in [3.8, 4) is 0 Å². The minimum atomic E-state index is -0.0498. The Labute approximate surface area is 115 Å². The Bertz CT molecular complexity index is 317. The third-order valence-electron chi connectivity index (χ3n) is 4.22. The molecule has 2 N–H and O–H groups in total.